The Hall–Kier alpha value is -1.07. The molecule has 0 spiro atoms. The Labute approximate surface area is 89.1 Å². The van der Waals surface area contributed by atoms with E-state index in [1.165, 1.54) is 0 Å². The van der Waals surface area contributed by atoms with E-state index in [1.807, 2.05) is 25.1 Å². The number of benzene rings is 1. The van der Waals surface area contributed by atoms with Gasteiger partial charge in [0.2, 0.25) is 10.0 Å². The monoisotopic (exact) mass is 227 g/mol. The van der Waals surface area contributed by atoms with E-state index in [0.717, 1.165) is 16.9 Å². The summed E-state index contributed by atoms with van der Waals surface area (Å²) < 4.78 is 27.3. The molecule has 1 aromatic carbocycles. The SMILES string of the molecule is Cc1ccc2c(c1)CC(CS(N)(=O)=O)O2. The molecule has 4 nitrogen and oxygen atoms in total. The van der Waals surface area contributed by atoms with Gasteiger partial charge in [0, 0.05) is 6.42 Å². The summed E-state index contributed by atoms with van der Waals surface area (Å²) >= 11 is 0. The number of ether oxygens (including phenoxy) is 1. The summed E-state index contributed by atoms with van der Waals surface area (Å²) in [6, 6.07) is 5.82. The summed E-state index contributed by atoms with van der Waals surface area (Å²) in [6.45, 7) is 1.99. The highest BCUT2D eigenvalue weighted by molar-refractivity contribution is 7.89. The standard InChI is InChI=1S/C10H13NO3S/c1-7-2-3-10-8(4-7)5-9(14-10)6-15(11,12)13/h2-4,9H,5-6H2,1H3,(H2,11,12,13). The van der Waals surface area contributed by atoms with Crippen molar-refractivity contribution in [1.82, 2.24) is 0 Å². The molecule has 15 heavy (non-hydrogen) atoms. The summed E-state index contributed by atoms with van der Waals surface area (Å²) in [5.41, 5.74) is 2.21. The second-order valence-electron chi connectivity index (χ2n) is 3.88. The van der Waals surface area contributed by atoms with E-state index in [9.17, 15) is 8.42 Å². The number of primary sulfonamides is 1. The van der Waals surface area contributed by atoms with Gasteiger partial charge in [0.05, 0.1) is 0 Å². The molecule has 1 atom stereocenters. The Morgan fingerprint density at radius 2 is 2.27 bits per heavy atom. The van der Waals surface area contributed by atoms with Crippen LogP contribution in [0.5, 0.6) is 5.75 Å². The minimum atomic E-state index is -3.46. The first kappa shape index (κ1) is 10.4. The maximum atomic E-state index is 10.9. The molecule has 5 heteroatoms. The Bertz CT molecular complexity index is 481. The lowest BCUT2D eigenvalue weighted by molar-refractivity contribution is 0.256. The van der Waals surface area contributed by atoms with Crippen LogP contribution in [-0.4, -0.2) is 20.3 Å². The predicted octanol–water partition coefficient (Wildman–Crippen LogP) is 0.587. The second-order valence-corrected chi connectivity index (χ2v) is 5.54. The fourth-order valence-corrected chi connectivity index (χ4v) is 2.51. The zero-order valence-corrected chi connectivity index (χ0v) is 9.25. The molecule has 0 aliphatic carbocycles. The Kier molecular flexibility index (Phi) is 2.44. The number of sulfonamides is 1. The molecule has 0 amide bonds. The largest absolute Gasteiger partial charge is 0.489 e. The highest BCUT2D eigenvalue weighted by Crippen LogP contribution is 2.29. The third-order valence-corrected chi connectivity index (χ3v) is 3.21. The highest BCUT2D eigenvalue weighted by Gasteiger charge is 2.26. The van der Waals surface area contributed by atoms with Gasteiger partial charge < -0.3 is 4.74 Å². The van der Waals surface area contributed by atoms with Crippen molar-refractivity contribution >= 4 is 10.0 Å². The highest BCUT2D eigenvalue weighted by atomic mass is 32.2. The predicted molar refractivity (Wildman–Crippen MR) is 57.3 cm³/mol. The van der Waals surface area contributed by atoms with Crippen LogP contribution in [-0.2, 0) is 16.4 Å². The summed E-state index contributed by atoms with van der Waals surface area (Å²) in [5, 5.41) is 4.97. The van der Waals surface area contributed by atoms with Gasteiger partial charge in [-0.1, -0.05) is 17.7 Å². The molecule has 82 valence electrons. The van der Waals surface area contributed by atoms with Gasteiger partial charge in [-0.25, -0.2) is 13.6 Å². The van der Waals surface area contributed by atoms with E-state index in [1.54, 1.807) is 0 Å². The van der Waals surface area contributed by atoms with Gasteiger partial charge in [0.25, 0.3) is 0 Å². The Morgan fingerprint density at radius 3 is 2.93 bits per heavy atom. The molecule has 0 bridgehead atoms. The minimum absolute atomic E-state index is 0.124. The first-order valence-corrected chi connectivity index (χ1v) is 6.42. The molecule has 1 aliphatic rings. The van der Waals surface area contributed by atoms with E-state index in [4.69, 9.17) is 9.88 Å². The lowest BCUT2D eigenvalue weighted by Gasteiger charge is -2.07. The van der Waals surface area contributed by atoms with Crippen LogP contribution >= 0.6 is 0 Å². The molecule has 0 fully saturated rings. The number of fused-ring (bicyclic) bond motifs is 1. The number of hydrogen-bond donors (Lipinski definition) is 1. The smallest absolute Gasteiger partial charge is 0.212 e. The third kappa shape index (κ3) is 2.49. The van der Waals surface area contributed by atoms with Crippen molar-refractivity contribution in [3.05, 3.63) is 29.3 Å². The van der Waals surface area contributed by atoms with E-state index < -0.39 is 10.0 Å². The molecule has 0 saturated heterocycles. The van der Waals surface area contributed by atoms with Crippen LogP contribution in [0.2, 0.25) is 0 Å². The summed E-state index contributed by atoms with van der Waals surface area (Å²) in [4.78, 5) is 0. The zero-order chi connectivity index (χ0) is 11.1. The molecule has 2 rings (SSSR count). The van der Waals surface area contributed by atoms with Crippen molar-refractivity contribution in [2.45, 2.75) is 19.4 Å². The van der Waals surface area contributed by atoms with Crippen LogP contribution in [0, 0.1) is 6.92 Å². The lowest BCUT2D eigenvalue weighted by Crippen LogP contribution is -2.29. The quantitative estimate of drug-likeness (QED) is 0.803. The topological polar surface area (TPSA) is 69.4 Å². The normalized spacial score (nSPS) is 19.7. The van der Waals surface area contributed by atoms with Crippen LogP contribution in [0.3, 0.4) is 0 Å². The number of hydrogen-bond acceptors (Lipinski definition) is 3. The van der Waals surface area contributed by atoms with Crippen molar-refractivity contribution in [3.63, 3.8) is 0 Å². The van der Waals surface area contributed by atoms with E-state index in [0.29, 0.717) is 6.42 Å². The molecule has 1 aromatic rings. The van der Waals surface area contributed by atoms with E-state index >= 15 is 0 Å². The van der Waals surface area contributed by atoms with Gasteiger partial charge in [-0.3, -0.25) is 0 Å². The van der Waals surface area contributed by atoms with Crippen LogP contribution in [0.15, 0.2) is 18.2 Å². The van der Waals surface area contributed by atoms with Gasteiger partial charge in [0.1, 0.15) is 17.6 Å². The Balaban J connectivity index is 2.16. The lowest BCUT2D eigenvalue weighted by atomic mass is 10.1. The fourth-order valence-electron chi connectivity index (χ4n) is 1.80. The van der Waals surface area contributed by atoms with Gasteiger partial charge >= 0.3 is 0 Å². The molecule has 2 N–H and O–H groups in total. The maximum Gasteiger partial charge on any atom is 0.212 e. The van der Waals surface area contributed by atoms with Gasteiger partial charge in [-0.15, -0.1) is 0 Å². The van der Waals surface area contributed by atoms with Crippen molar-refractivity contribution in [1.29, 1.82) is 0 Å². The molecule has 0 saturated carbocycles. The van der Waals surface area contributed by atoms with Crippen LogP contribution in [0.1, 0.15) is 11.1 Å². The van der Waals surface area contributed by atoms with Crippen LogP contribution in [0.4, 0.5) is 0 Å². The number of nitrogens with two attached hydrogens (primary N) is 1. The average Bonchev–Trinajstić information content (AvgIpc) is 2.42. The van der Waals surface area contributed by atoms with E-state index in [-0.39, 0.29) is 11.9 Å². The number of aryl methyl sites for hydroxylation is 1. The van der Waals surface area contributed by atoms with Gasteiger partial charge in [0.15, 0.2) is 0 Å². The van der Waals surface area contributed by atoms with Crippen LogP contribution < -0.4 is 9.88 Å². The molecule has 1 aliphatic heterocycles. The van der Waals surface area contributed by atoms with E-state index in [2.05, 4.69) is 0 Å². The second kappa shape index (κ2) is 3.50. The minimum Gasteiger partial charge on any atom is -0.489 e. The molecule has 0 radical (unpaired) electrons. The van der Waals surface area contributed by atoms with Gasteiger partial charge in [-0.2, -0.15) is 0 Å². The van der Waals surface area contributed by atoms with Gasteiger partial charge in [-0.05, 0) is 18.6 Å². The molecular weight excluding hydrogens is 214 g/mol. The number of rotatable bonds is 2. The average molecular weight is 227 g/mol. The third-order valence-electron chi connectivity index (χ3n) is 2.38. The van der Waals surface area contributed by atoms with Crippen molar-refractivity contribution in [3.8, 4) is 5.75 Å². The van der Waals surface area contributed by atoms with Crippen molar-refractivity contribution < 1.29 is 13.2 Å². The molecule has 1 heterocycles. The summed E-state index contributed by atoms with van der Waals surface area (Å²) in [5.74, 6) is 0.648. The summed E-state index contributed by atoms with van der Waals surface area (Å²) in [7, 11) is -3.46. The molecule has 0 aromatic heterocycles. The first-order chi connectivity index (χ1) is 6.94. The maximum absolute atomic E-state index is 10.9. The first-order valence-electron chi connectivity index (χ1n) is 4.71. The fraction of sp³-hybridized carbons (Fsp3) is 0.400. The van der Waals surface area contributed by atoms with Crippen molar-refractivity contribution in [2.75, 3.05) is 5.75 Å². The molecule has 1 unspecified atom stereocenters. The Morgan fingerprint density at radius 1 is 1.53 bits per heavy atom. The van der Waals surface area contributed by atoms with Crippen molar-refractivity contribution in [2.24, 2.45) is 5.14 Å². The molecular formula is C10H13NO3S. The zero-order valence-electron chi connectivity index (χ0n) is 8.43. The van der Waals surface area contributed by atoms with Crippen LogP contribution in [0.25, 0.3) is 0 Å². The summed E-state index contributed by atoms with van der Waals surface area (Å²) in [6.07, 6.45) is 0.282.